The van der Waals surface area contributed by atoms with E-state index in [1.165, 1.54) is 9.58 Å². The second-order valence-electron chi connectivity index (χ2n) is 11.2. The maximum Gasteiger partial charge on any atom is 0.296 e. The Hall–Kier alpha value is -3.88. The molecule has 2 aliphatic heterocycles. The van der Waals surface area contributed by atoms with Crippen LogP contribution in [0.2, 0.25) is 0 Å². The number of amides is 1. The van der Waals surface area contributed by atoms with E-state index < -0.39 is 5.91 Å². The zero-order valence-electron chi connectivity index (χ0n) is 24.7. The Labute approximate surface area is 254 Å². The molecular weight excluding hydrogens is 569 g/mol. The number of hydrogen-bond donors (Lipinski definition) is 0. The molecule has 0 bridgehead atoms. The van der Waals surface area contributed by atoms with Crippen molar-refractivity contribution in [1.29, 1.82) is 5.26 Å². The fourth-order valence-electron chi connectivity index (χ4n) is 6.22. The first-order valence-electron chi connectivity index (χ1n) is 14.0. The third kappa shape index (κ3) is 4.82. The van der Waals surface area contributed by atoms with Gasteiger partial charge in [0.2, 0.25) is 0 Å². The molecule has 2 saturated heterocycles. The summed E-state index contributed by atoms with van der Waals surface area (Å²) in [7, 11) is 1.77. The molecule has 2 atom stereocenters. The van der Waals surface area contributed by atoms with Crippen LogP contribution in [-0.4, -0.2) is 37.2 Å². The lowest BCUT2D eigenvalue weighted by Gasteiger charge is -2.38. The van der Waals surface area contributed by atoms with Crippen molar-refractivity contribution >= 4 is 51.8 Å². The van der Waals surface area contributed by atoms with Gasteiger partial charge >= 0.3 is 0 Å². The van der Waals surface area contributed by atoms with Crippen molar-refractivity contribution in [2.24, 2.45) is 18.9 Å². The molecule has 4 heterocycles. The summed E-state index contributed by atoms with van der Waals surface area (Å²) in [6, 6.07) is 11.3. The number of para-hydroxylation sites is 1. The van der Waals surface area contributed by atoms with Crippen molar-refractivity contribution in [3.8, 4) is 11.8 Å². The topological polar surface area (TPSA) is 96.3 Å². The first-order valence-corrected chi connectivity index (χ1v) is 15.3. The van der Waals surface area contributed by atoms with E-state index in [9.17, 15) is 19.6 Å². The molecule has 1 aromatic carbocycles. The minimum atomic E-state index is -0.408. The molecule has 0 radical (unpaired) electrons. The molecule has 2 aromatic heterocycles. The molecule has 0 N–H and O–H groups in total. The van der Waals surface area contributed by atoms with Crippen LogP contribution in [0.15, 0.2) is 44.8 Å². The van der Waals surface area contributed by atoms with Crippen LogP contribution >= 0.6 is 24.0 Å². The van der Waals surface area contributed by atoms with Gasteiger partial charge in [0.15, 0.2) is 4.32 Å². The fraction of sp³-hybridized carbons (Fsp3) is 0.387. The molecule has 42 heavy (non-hydrogen) atoms. The van der Waals surface area contributed by atoms with E-state index in [4.69, 9.17) is 12.2 Å². The average molecular weight is 603 g/mol. The highest BCUT2D eigenvalue weighted by molar-refractivity contribution is 8.27. The minimum absolute atomic E-state index is 0.0603. The van der Waals surface area contributed by atoms with Gasteiger partial charge in [-0.05, 0) is 62.8 Å². The maximum absolute atomic E-state index is 14.0. The normalized spacial score (nSPS) is 20.1. The van der Waals surface area contributed by atoms with Crippen LogP contribution in [0.1, 0.15) is 49.6 Å². The van der Waals surface area contributed by atoms with Gasteiger partial charge in [-0.15, -0.1) is 0 Å². The van der Waals surface area contributed by atoms with Gasteiger partial charge in [0.05, 0.1) is 16.3 Å². The van der Waals surface area contributed by atoms with Crippen molar-refractivity contribution in [1.82, 2.24) is 13.9 Å². The van der Waals surface area contributed by atoms with E-state index in [0.29, 0.717) is 51.6 Å². The second kappa shape index (κ2) is 11.4. The van der Waals surface area contributed by atoms with E-state index >= 15 is 0 Å². The summed E-state index contributed by atoms with van der Waals surface area (Å²) in [6.45, 7) is 11.7. The van der Waals surface area contributed by atoms with Crippen molar-refractivity contribution in [3.05, 3.63) is 78.3 Å². The lowest BCUT2D eigenvalue weighted by molar-refractivity contribution is -0.113. The number of carbonyl (C=O) groups excluding carboxylic acids is 1. The molecule has 2 unspecified atom stereocenters. The summed E-state index contributed by atoms with van der Waals surface area (Å²) in [4.78, 5) is 45.0. The van der Waals surface area contributed by atoms with Crippen LogP contribution in [-0.2, 0) is 18.4 Å². The van der Waals surface area contributed by atoms with Gasteiger partial charge in [-0.3, -0.25) is 28.5 Å². The Morgan fingerprint density at radius 3 is 2.31 bits per heavy atom. The SMILES string of the molecule is CCn1c(N2CC(C)CC(C)C2)c(C=C2SC(=S)N(c3c(C)n(C)n(-c4ccccc4)c3=O)C2=O)c(C)c(C#N)c1=O. The van der Waals surface area contributed by atoms with Crippen molar-refractivity contribution in [3.63, 3.8) is 0 Å². The first kappa shape index (κ1) is 29.6. The lowest BCUT2D eigenvalue weighted by atomic mass is 9.91. The predicted octanol–water partition coefficient (Wildman–Crippen LogP) is 4.73. The van der Waals surface area contributed by atoms with Crippen LogP contribution in [0.25, 0.3) is 11.8 Å². The number of rotatable bonds is 5. The minimum Gasteiger partial charge on any atom is -0.357 e. The highest BCUT2D eigenvalue weighted by Gasteiger charge is 2.38. The summed E-state index contributed by atoms with van der Waals surface area (Å²) >= 11 is 6.79. The number of piperidine rings is 1. The summed E-state index contributed by atoms with van der Waals surface area (Å²) in [5, 5.41) is 9.92. The van der Waals surface area contributed by atoms with E-state index in [2.05, 4.69) is 24.8 Å². The zero-order valence-corrected chi connectivity index (χ0v) is 26.3. The number of nitriles is 1. The molecular formula is C31H34N6O3S2. The highest BCUT2D eigenvalue weighted by atomic mass is 32.2. The molecule has 218 valence electrons. The molecule has 11 heteroatoms. The first-order chi connectivity index (χ1) is 20.0. The Morgan fingerprint density at radius 2 is 1.71 bits per heavy atom. The van der Waals surface area contributed by atoms with E-state index in [1.807, 2.05) is 37.3 Å². The van der Waals surface area contributed by atoms with Crippen molar-refractivity contribution < 1.29 is 4.79 Å². The molecule has 0 saturated carbocycles. The fourth-order valence-corrected chi connectivity index (χ4v) is 7.47. The Kier molecular flexibility index (Phi) is 8.05. The summed E-state index contributed by atoms with van der Waals surface area (Å²) in [5.74, 6) is 1.15. The standard InChI is InChI=1S/C31H34N6O3S2/c1-7-35-27(34-16-18(2)13-19(3)17-34)23(20(4)24(15-32)28(35)38)14-25-29(39)36(31(41)42-25)26-21(5)33(6)37(30(26)40)22-11-9-8-10-12-22/h8-12,14,18-19H,7,13,16-17H2,1-6H3. The van der Waals surface area contributed by atoms with Gasteiger partial charge in [0.25, 0.3) is 17.0 Å². The zero-order chi connectivity index (χ0) is 30.5. The number of nitrogens with zero attached hydrogens (tertiary/aromatic N) is 6. The molecule has 2 aliphatic rings. The average Bonchev–Trinajstić information content (AvgIpc) is 3.34. The summed E-state index contributed by atoms with van der Waals surface area (Å²) in [6.07, 6.45) is 2.83. The molecule has 0 aliphatic carbocycles. The number of anilines is 2. The number of thioether (sulfide) groups is 1. The van der Waals surface area contributed by atoms with Crippen LogP contribution in [0, 0.1) is 37.0 Å². The predicted molar refractivity (Wildman–Crippen MR) is 172 cm³/mol. The van der Waals surface area contributed by atoms with Crippen molar-refractivity contribution in [2.75, 3.05) is 22.9 Å². The molecule has 3 aromatic rings. The Balaban J connectivity index is 1.67. The van der Waals surface area contributed by atoms with Gasteiger partial charge in [-0.1, -0.05) is 56.0 Å². The molecule has 1 amide bonds. The number of thiocarbonyl (C=S) groups is 1. The van der Waals surface area contributed by atoms with Crippen LogP contribution < -0.4 is 20.9 Å². The highest BCUT2D eigenvalue weighted by Crippen LogP contribution is 2.39. The van der Waals surface area contributed by atoms with Crippen LogP contribution in [0.4, 0.5) is 11.5 Å². The number of pyridine rings is 1. The van der Waals surface area contributed by atoms with Crippen molar-refractivity contribution in [2.45, 2.75) is 47.6 Å². The summed E-state index contributed by atoms with van der Waals surface area (Å²) < 4.78 is 5.13. The number of carbonyl (C=O) groups is 1. The Morgan fingerprint density at radius 1 is 1.07 bits per heavy atom. The number of benzene rings is 1. The molecule has 0 spiro atoms. The monoisotopic (exact) mass is 602 g/mol. The van der Waals surface area contributed by atoms with E-state index in [1.54, 1.807) is 36.2 Å². The maximum atomic E-state index is 14.0. The largest absolute Gasteiger partial charge is 0.357 e. The summed E-state index contributed by atoms with van der Waals surface area (Å²) in [5.41, 5.74) is 2.05. The van der Waals surface area contributed by atoms with Gasteiger partial charge in [-0.2, -0.15) is 5.26 Å². The lowest BCUT2D eigenvalue weighted by Crippen LogP contribution is -2.42. The van der Waals surface area contributed by atoms with Gasteiger partial charge in [0, 0.05) is 32.2 Å². The Bertz CT molecular complexity index is 1780. The third-order valence-electron chi connectivity index (χ3n) is 8.15. The smallest absolute Gasteiger partial charge is 0.296 e. The van der Waals surface area contributed by atoms with Gasteiger partial charge in [0.1, 0.15) is 23.1 Å². The van der Waals surface area contributed by atoms with E-state index in [-0.39, 0.29) is 26.7 Å². The molecule has 2 fully saturated rings. The second-order valence-corrected chi connectivity index (χ2v) is 12.9. The quantitative estimate of drug-likeness (QED) is 0.308. The number of aromatic nitrogens is 3. The molecule has 9 nitrogen and oxygen atoms in total. The van der Waals surface area contributed by atoms with Gasteiger partial charge in [-0.25, -0.2) is 4.68 Å². The number of hydrogen-bond acceptors (Lipinski definition) is 7. The van der Waals surface area contributed by atoms with E-state index in [0.717, 1.165) is 31.3 Å². The third-order valence-corrected chi connectivity index (χ3v) is 9.45. The van der Waals surface area contributed by atoms with Gasteiger partial charge < -0.3 is 4.90 Å². The van der Waals surface area contributed by atoms with Crippen LogP contribution in [0.5, 0.6) is 0 Å². The van der Waals surface area contributed by atoms with Crippen LogP contribution in [0.3, 0.4) is 0 Å². The molecule has 5 rings (SSSR count).